The van der Waals surface area contributed by atoms with Crippen LogP contribution in [0.1, 0.15) is 17.0 Å². The number of rotatable bonds is 2. The summed E-state index contributed by atoms with van der Waals surface area (Å²) in [6, 6.07) is 17.0. The van der Waals surface area contributed by atoms with Crippen molar-refractivity contribution in [1.82, 2.24) is 9.78 Å². The molecule has 1 N–H and O–H groups in total. The van der Waals surface area contributed by atoms with Crippen LogP contribution in [0, 0.1) is 0 Å². The molecule has 1 aromatic heterocycles. The number of anilines is 1. The van der Waals surface area contributed by atoms with Crippen molar-refractivity contribution in [3.05, 3.63) is 71.9 Å². The molecule has 2 heterocycles. The third-order valence-corrected chi connectivity index (χ3v) is 3.91. The SMILES string of the molecule is Cn1ccc(NC(=O)C2c3ccccc3Oc3ccccc32)n1. The third-order valence-electron chi connectivity index (χ3n) is 3.91. The van der Waals surface area contributed by atoms with Crippen molar-refractivity contribution in [2.75, 3.05) is 5.32 Å². The van der Waals surface area contributed by atoms with Crippen LogP contribution in [0.4, 0.5) is 5.82 Å². The second-order valence-corrected chi connectivity index (χ2v) is 5.47. The molecule has 5 heteroatoms. The maximum Gasteiger partial charge on any atom is 0.237 e. The first-order valence-corrected chi connectivity index (χ1v) is 7.38. The molecule has 5 nitrogen and oxygen atoms in total. The van der Waals surface area contributed by atoms with Gasteiger partial charge in [0.15, 0.2) is 5.82 Å². The molecule has 0 fully saturated rings. The molecule has 2 aromatic carbocycles. The standard InChI is InChI=1S/C18H15N3O2/c1-21-11-10-16(20-21)19-18(22)17-12-6-2-4-8-14(12)23-15-9-5-3-7-13(15)17/h2-11,17H,1H3,(H,19,20,22). The van der Waals surface area contributed by atoms with Gasteiger partial charge in [-0.3, -0.25) is 9.48 Å². The maximum absolute atomic E-state index is 12.9. The van der Waals surface area contributed by atoms with Crippen LogP contribution in [0.15, 0.2) is 60.8 Å². The zero-order valence-electron chi connectivity index (χ0n) is 12.6. The normalized spacial score (nSPS) is 12.9. The molecule has 4 rings (SSSR count). The lowest BCUT2D eigenvalue weighted by atomic mass is 9.87. The Morgan fingerprint density at radius 3 is 2.22 bits per heavy atom. The molecule has 23 heavy (non-hydrogen) atoms. The van der Waals surface area contributed by atoms with E-state index in [2.05, 4.69) is 10.4 Å². The first-order valence-electron chi connectivity index (χ1n) is 7.38. The van der Waals surface area contributed by atoms with Crippen LogP contribution in [0.5, 0.6) is 11.5 Å². The van der Waals surface area contributed by atoms with Gasteiger partial charge in [0.1, 0.15) is 11.5 Å². The average molecular weight is 305 g/mol. The summed E-state index contributed by atoms with van der Waals surface area (Å²) in [4.78, 5) is 12.9. The average Bonchev–Trinajstić information content (AvgIpc) is 2.97. The van der Waals surface area contributed by atoms with Crippen LogP contribution in [0.25, 0.3) is 0 Å². The highest BCUT2D eigenvalue weighted by atomic mass is 16.5. The van der Waals surface area contributed by atoms with E-state index in [0.717, 1.165) is 11.1 Å². The Hall–Kier alpha value is -3.08. The fourth-order valence-electron chi connectivity index (χ4n) is 2.87. The molecule has 0 saturated heterocycles. The van der Waals surface area contributed by atoms with Gasteiger partial charge in [-0.2, -0.15) is 5.10 Å². The fraction of sp³-hybridized carbons (Fsp3) is 0.111. The smallest absolute Gasteiger partial charge is 0.237 e. The van der Waals surface area contributed by atoms with Crippen molar-refractivity contribution in [3.63, 3.8) is 0 Å². The Labute approximate surface area is 133 Å². The van der Waals surface area contributed by atoms with E-state index >= 15 is 0 Å². The van der Waals surface area contributed by atoms with Crippen molar-refractivity contribution in [2.45, 2.75) is 5.92 Å². The van der Waals surface area contributed by atoms with Crippen LogP contribution < -0.4 is 10.1 Å². The largest absolute Gasteiger partial charge is 0.457 e. The minimum atomic E-state index is -0.418. The summed E-state index contributed by atoms with van der Waals surface area (Å²) < 4.78 is 7.57. The van der Waals surface area contributed by atoms with Crippen molar-refractivity contribution in [3.8, 4) is 11.5 Å². The van der Waals surface area contributed by atoms with E-state index in [0.29, 0.717) is 17.3 Å². The first-order chi connectivity index (χ1) is 11.2. The third kappa shape index (κ3) is 2.36. The van der Waals surface area contributed by atoms with Crippen molar-refractivity contribution < 1.29 is 9.53 Å². The predicted octanol–water partition coefficient (Wildman–Crippen LogP) is 3.30. The summed E-state index contributed by atoms with van der Waals surface area (Å²) in [5, 5.41) is 7.10. The van der Waals surface area contributed by atoms with Gasteiger partial charge in [0.05, 0.1) is 5.92 Å². The Morgan fingerprint density at radius 2 is 1.65 bits per heavy atom. The number of amides is 1. The number of aromatic nitrogens is 2. The van der Waals surface area contributed by atoms with E-state index < -0.39 is 5.92 Å². The van der Waals surface area contributed by atoms with Gasteiger partial charge in [-0.15, -0.1) is 0 Å². The van der Waals surface area contributed by atoms with Gasteiger partial charge in [0, 0.05) is 30.4 Å². The summed E-state index contributed by atoms with van der Waals surface area (Å²) in [6.07, 6.45) is 1.79. The molecule has 0 radical (unpaired) electrons. The van der Waals surface area contributed by atoms with Gasteiger partial charge in [-0.1, -0.05) is 36.4 Å². The molecule has 114 valence electrons. The number of carbonyl (C=O) groups excluding carboxylic acids is 1. The molecule has 0 spiro atoms. The lowest BCUT2D eigenvalue weighted by molar-refractivity contribution is -0.116. The number of hydrogen-bond donors (Lipinski definition) is 1. The molecule has 0 saturated carbocycles. The van der Waals surface area contributed by atoms with Crippen molar-refractivity contribution in [2.24, 2.45) is 7.05 Å². The lowest BCUT2D eigenvalue weighted by Crippen LogP contribution is -2.25. The Balaban J connectivity index is 1.76. The highest BCUT2D eigenvalue weighted by Crippen LogP contribution is 2.44. The van der Waals surface area contributed by atoms with E-state index in [1.54, 1.807) is 16.9 Å². The summed E-state index contributed by atoms with van der Waals surface area (Å²) in [5.74, 6) is 1.43. The summed E-state index contributed by atoms with van der Waals surface area (Å²) in [6.45, 7) is 0. The van der Waals surface area contributed by atoms with Gasteiger partial charge in [0.25, 0.3) is 0 Å². The molecular weight excluding hydrogens is 290 g/mol. The molecule has 1 aliphatic heterocycles. The fourth-order valence-corrected chi connectivity index (χ4v) is 2.87. The number of carbonyl (C=O) groups is 1. The number of para-hydroxylation sites is 2. The van der Waals surface area contributed by atoms with Gasteiger partial charge in [-0.05, 0) is 12.1 Å². The Bertz CT molecular complexity index is 840. The number of aryl methyl sites for hydroxylation is 1. The monoisotopic (exact) mass is 305 g/mol. The van der Waals surface area contributed by atoms with E-state index in [9.17, 15) is 4.79 Å². The molecule has 0 bridgehead atoms. The highest BCUT2D eigenvalue weighted by molar-refractivity contribution is 5.98. The zero-order chi connectivity index (χ0) is 15.8. The molecule has 0 unspecified atom stereocenters. The quantitative estimate of drug-likeness (QED) is 0.790. The maximum atomic E-state index is 12.9. The predicted molar refractivity (Wildman–Crippen MR) is 86.6 cm³/mol. The zero-order valence-corrected chi connectivity index (χ0v) is 12.6. The highest BCUT2D eigenvalue weighted by Gasteiger charge is 2.32. The minimum absolute atomic E-state index is 0.119. The Morgan fingerprint density at radius 1 is 1.04 bits per heavy atom. The number of hydrogen-bond acceptors (Lipinski definition) is 3. The number of nitrogens with one attached hydrogen (secondary N) is 1. The van der Waals surface area contributed by atoms with E-state index in [1.807, 2.05) is 55.6 Å². The van der Waals surface area contributed by atoms with E-state index in [1.165, 1.54) is 0 Å². The lowest BCUT2D eigenvalue weighted by Gasteiger charge is -2.27. The van der Waals surface area contributed by atoms with Crippen molar-refractivity contribution >= 4 is 11.7 Å². The number of benzene rings is 2. The molecule has 1 amide bonds. The second-order valence-electron chi connectivity index (χ2n) is 5.47. The van der Waals surface area contributed by atoms with Gasteiger partial charge < -0.3 is 10.1 Å². The minimum Gasteiger partial charge on any atom is -0.457 e. The number of nitrogens with zero attached hydrogens (tertiary/aromatic N) is 2. The van der Waals surface area contributed by atoms with E-state index in [-0.39, 0.29) is 5.91 Å². The first kappa shape index (κ1) is 13.6. The van der Waals surface area contributed by atoms with Crippen LogP contribution >= 0.6 is 0 Å². The topological polar surface area (TPSA) is 56.2 Å². The van der Waals surface area contributed by atoms with Crippen molar-refractivity contribution in [1.29, 1.82) is 0 Å². The molecule has 0 aliphatic carbocycles. The molecule has 1 aliphatic rings. The second kappa shape index (κ2) is 5.28. The van der Waals surface area contributed by atoms with Crippen LogP contribution in [0.3, 0.4) is 0 Å². The van der Waals surface area contributed by atoms with Gasteiger partial charge in [0.2, 0.25) is 5.91 Å². The summed E-state index contributed by atoms with van der Waals surface area (Å²) in [5.41, 5.74) is 1.72. The molecule has 3 aromatic rings. The number of ether oxygens (including phenoxy) is 1. The van der Waals surface area contributed by atoms with Crippen LogP contribution in [0.2, 0.25) is 0 Å². The van der Waals surface area contributed by atoms with Gasteiger partial charge in [-0.25, -0.2) is 0 Å². The van der Waals surface area contributed by atoms with Crippen LogP contribution in [-0.4, -0.2) is 15.7 Å². The van der Waals surface area contributed by atoms with Gasteiger partial charge >= 0.3 is 0 Å². The van der Waals surface area contributed by atoms with Crippen LogP contribution in [-0.2, 0) is 11.8 Å². The Kier molecular flexibility index (Phi) is 3.12. The summed E-state index contributed by atoms with van der Waals surface area (Å²) in [7, 11) is 1.81. The van der Waals surface area contributed by atoms with E-state index in [4.69, 9.17) is 4.74 Å². The number of fused-ring (bicyclic) bond motifs is 2. The molecular formula is C18H15N3O2. The molecule has 0 atom stereocenters. The summed E-state index contributed by atoms with van der Waals surface area (Å²) >= 11 is 0.